The Morgan fingerprint density at radius 3 is 2.25 bits per heavy atom. The number of likely N-dealkylation sites (tertiary alicyclic amines) is 1. The van der Waals surface area contributed by atoms with E-state index in [-0.39, 0.29) is 5.41 Å². The molecule has 1 aliphatic heterocycles. The summed E-state index contributed by atoms with van der Waals surface area (Å²) in [5.41, 5.74) is 0.108. The SMILES string of the molecule is CC(Br)C1CCN(C(=O)CC(C)(C)C)CC1. The van der Waals surface area contributed by atoms with E-state index in [0.717, 1.165) is 31.8 Å². The van der Waals surface area contributed by atoms with Crippen molar-refractivity contribution in [2.24, 2.45) is 11.3 Å². The summed E-state index contributed by atoms with van der Waals surface area (Å²) in [6.07, 6.45) is 2.95. The van der Waals surface area contributed by atoms with E-state index < -0.39 is 0 Å². The molecule has 0 spiro atoms. The van der Waals surface area contributed by atoms with Gasteiger partial charge in [-0.2, -0.15) is 0 Å². The summed E-state index contributed by atoms with van der Waals surface area (Å²) in [7, 11) is 0. The molecule has 1 rings (SSSR count). The van der Waals surface area contributed by atoms with E-state index in [1.807, 2.05) is 4.90 Å². The van der Waals surface area contributed by atoms with Gasteiger partial charge in [0.2, 0.25) is 5.91 Å². The third-order valence-electron chi connectivity index (χ3n) is 3.22. The largest absolute Gasteiger partial charge is 0.343 e. The van der Waals surface area contributed by atoms with Gasteiger partial charge in [0.25, 0.3) is 0 Å². The molecule has 16 heavy (non-hydrogen) atoms. The van der Waals surface area contributed by atoms with Crippen molar-refractivity contribution in [2.45, 2.75) is 51.8 Å². The zero-order valence-electron chi connectivity index (χ0n) is 10.9. The lowest BCUT2D eigenvalue weighted by molar-refractivity contribution is -0.134. The summed E-state index contributed by atoms with van der Waals surface area (Å²) in [4.78, 5) is 14.6. The highest BCUT2D eigenvalue weighted by Crippen LogP contribution is 2.27. The topological polar surface area (TPSA) is 20.3 Å². The number of carbonyl (C=O) groups is 1. The van der Waals surface area contributed by atoms with Gasteiger partial charge < -0.3 is 4.90 Å². The minimum Gasteiger partial charge on any atom is -0.343 e. The van der Waals surface area contributed by atoms with Gasteiger partial charge >= 0.3 is 0 Å². The molecular formula is C13H24BrNO. The molecule has 0 saturated carbocycles. The van der Waals surface area contributed by atoms with Crippen molar-refractivity contribution in [3.05, 3.63) is 0 Å². The minimum absolute atomic E-state index is 0.108. The molecule has 1 unspecified atom stereocenters. The average Bonchev–Trinajstić information content (AvgIpc) is 2.15. The quantitative estimate of drug-likeness (QED) is 0.713. The zero-order chi connectivity index (χ0) is 12.3. The van der Waals surface area contributed by atoms with Crippen LogP contribution in [0.4, 0.5) is 0 Å². The number of carbonyl (C=O) groups excluding carboxylic acids is 1. The standard InChI is InChI=1S/C13H24BrNO/c1-10(14)11-5-7-15(8-6-11)12(16)9-13(2,3)4/h10-11H,5-9H2,1-4H3. The van der Waals surface area contributed by atoms with Gasteiger partial charge in [0.05, 0.1) is 0 Å². The van der Waals surface area contributed by atoms with Crippen LogP contribution < -0.4 is 0 Å². The fourth-order valence-electron chi connectivity index (χ4n) is 2.17. The Morgan fingerprint density at radius 2 is 1.88 bits per heavy atom. The molecule has 0 radical (unpaired) electrons. The van der Waals surface area contributed by atoms with E-state index in [9.17, 15) is 4.79 Å². The Bertz CT molecular complexity index is 237. The van der Waals surface area contributed by atoms with Crippen LogP contribution in [0.25, 0.3) is 0 Å². The first kappa shape index (κ1) is 14.0. The van der Waals surface area contributed by atoms with Crippen molar-refractivity contribution in [2.75, 3.05) is 13.1 Å². The van der Waals surface area contributed by atoms with Gasteiger partial charge in [-0.3, -0.25) is 4.79 Å². The number of hydrogen-bond donors (Lipinski definition) is 0. The molecule has 0 bridgehead atoms. The van der Waals surface area contributed by atoms with E-state index in [1.165, 1.54) is 0 Å². The van der Waals surface area contributed by atoms with Crippen molar-refractivity contribution in [3.8, 4) is 0 Å². The van der Waals surface area contributed by atoms with Crippen LogP contribution in [0.2, 0.25) is 0 Å². The number of piperidine rings is 1. The molecule has 0 N–H and O–H groups in total. The number of amides is 1. The number of hydrogen-bond acceptors (Lipinski definition) is 1. The van der Waals surface area contributed by atoms with Crippen molar-refractivity contribution in [1.29, 1.82) is 0 Å². The van der Waals surface area contributed by atoms with E-state index in [4.69, 9.17) is 0 Å². The van der Waals surface area contributed by atoms with Crippen molar-refractivity contribution < 1.29 is 4.79 Å². The maximum absolute atomic E-state index is 12.0. The van der Waals surface area contributed by atoms with E-state index in [0.29, 0.717) is 17.2 Å². The van der Waals surface area contributed by atoms with Crippen LogP contribution in [0.3, 0.4) is 0 Å². The van der Waals surface area contributed by atoms with Crippen molar-refractivity contribution in [1.82, 2.24) is 4.90 Å². The monoisotopic (exact) mass is 289 g/mol. The first-order chi connectivity index (χ1) is 7.29. The first-order valence-corrected chi connectivity index (χ1v) is 7.13. The summed E-state index contributed by atoms with van der Waals surface area (Å²) in [5, 5.41) is 0. The van der Waals surface area contributed by atoms with E-state index in [2.05, 4.69) is 43.6 Å². The summed E-state index contributed by atoms with van der Waals surface area (Å²) < 4.78 is 0. The number of rotatable bonds is 2. The second-order valence-corrected chi connectivity index (χ2v) is 7.58. The van der Waals surface area contributed by atoms with Crippen LogP contribution in [0.15, 0.2) is 0 Å². The molecule has 1 aliphatic rings. The summed E-state index contributed by atoms with van der Waals surface area (Å²) in [6.45, 7) is 10.5. The molecule has 1 fully saturated rings. The van der Waals surface area contributed by atoms with Crippen LogP contribution in [-0.2, 0) is 4.79 Å². The molecule has 2 nitrogen and oxygen atoms in total. The Morgan fingerprint density at radius 1 is 1.38 bits per heavy atom. The lowest BCUT2D eigenvalue weighted by Gasteiger charge is -2.34. The highest BCUT2D eigenvalue weighted by molar-refractivity contribution is 9.09. The Kier molecular flexibility index (Phi) is 4.84. The van der Waals surface area contributed by atoms with Crippen LogP contribution in [-0.4, -0.2) is 28.7 Å². The number of nitrogens with zero attached hydrogens (tertiary/aromatic N) is 1. The van der Waals surface area contributed by atoms with Gasteiger partial charge in [0, 0.05) is 24.3 Å². The number of alkyl halides is 1. The predicted molar refractivity (Wildman–Crippen MR) is 71.8 cm³/mol. The van der Waals surface area contributed by atoms with Gasteiger partial charge in [-0.05, 0) is 24.2 Å². The lowest BCUT2D eigenvalue weighted by atomic mass is 9.90. The Hall–Kier alpha value is -0.0500. The molecule has 0 aliphatic carbocycles. The molecule has 0 aromatic carbocycles. The highest BCUT2D eigenvalue weighted by atomic mass is 79.9. The third-order valence-corrected chi connectivity index (χ3v) is 3.97. The van der Waals surface area contributed by atoms with Crippen molar-refractivity contribution >= 4 is 21.8 Å². The summed E-state index contributed by atoms with van der Waals surface area (Å²) in [5.74, 6) is 1.06. The van der Waals surface area contributed by atoms with Gasteiger partial charge in [-0.1, -0.05) is 43.6 Å². The Labute approximate surface area is 108 Å². The number of halogens is 1. The first-order valence-electron chi connectivity index (χ1n) is 6.21. The highest BCUT2D eigenvalue weighted by Gasteiger charge is 2.27. The molecule has 1 amide bonds. The van der Waals surface area contributed by atoms with Crippen LogP contribution in [0.5, 0.6) is 0 Å². The third kappa shape index (κ3) is 4.44. The van der Waals surface area contributed by atoms with Crippen LogP contribution in [0, 0.1) is 11.3 Å². The molecule has 1 saturated heterocycles. The smallest absolute Gasteiger partial charge is 0.223 e. The van der Waals surface area contributed by atoms with Gasteiger partial charge in [-0.25, -0.2) is 0 Å². The molecule has 94 valence electrons. The van der Waals surface area contributed by atoms with Gasteiger partial charge in [0.1, 0.15) is 0 Å². The van der Waals surface area contributed by atoms with Gasteiger partial charge in [0.15, 0.2) is 0 Å². The molecular weight excluding hydrogens is 266 g/mol. The average molecular weight is 290 g/mol. The zero-order valence-corrected chi connectivity index (χ0v) is 12.5. The normalized spacial score (nSPS) is 20.9. The maximum atomic E-state index is 12.0. The second kappa shape index (κ2) is 5.52. The predicted octanol–water partition coefficient (Wildman–Crippen LogP) is 3.44. The molecule has 0 aromatic rings. The summed E-state index contributed by atoms with van der Waals surface area (Å²) >= 11 is 3.64. The van der Waals surface area contributed by atoms with Crippen LogP contribution in [0.1, 0.15) is 47.0 Å². The van der Waals surface area contributed by atoms with Crippen LogP contribution >= 0.6 is 15.9 Å². The fourth-order valence-corrected chi connectivity index (χ4v) is 2.70. The summed E-state index contributed by atoms with van der Waals surface area (Å²) in [6, 6.07) is 0. The fraction of sp³-hybridized carbons (Fsp3) is 0.923. The molecule has 1 atom stereocenters. The molecule has 3 heteroatoms. The van der Waals surface area contributed by atoms with Gasteiger partial charge in [-0.15, -0.1) is 0 Å². The van der Waals surface area contributed by atoms with E-state index >= 15 is 0 Å². The van der Waals surface area contributed by atoms with E-state index in [1.54, 1.807) is 0 Å². The minimum atomic E-state index is 0.108. The van der Waals surface area contributed by atoms with Crippen molar-refractivity contribution in [3.63, 3.8) is 0 Å². The molecule has 0 aromatic heterocycles. The Balaban J connectivity index is 2.39. The maximum Gasteiger partial charge on any atom is 0.223 e. The lowest BCUT2D eigenvalue weighted by Crippen LogP contribution is -2.41. The second-order valence-electron chi connectivity index (χ2n) is 6.13. The molecule has 1 heterocycles.